The number of piperazine rings is 1. The van der Waals surface area contributed by atoms with Crippen molar-refractivity contribution >= 4 is 22.4 Å². The van der Waals surface area contributed by atoms with Crippen molar-refractivity contribution < 1.29 is 9.18 Å². The summed E-state index contributed by atoms with van der Waals surface area (Å²) in [4.78, 5) is 36.1. The molecule has 3 heterocycles. The fourth-order valence-electron chi connectivity index (χ4n) is 5.46. The Morgan fingerprint density at radius 3 is 2.74 bits per heavy atom. The van der Waals surface area contributed by atoms with Gasteiger partial charge in [0.25, 0.3) is 11.5 Å². The number of rotatable bonds is 4. The van der Waals surface area contributed by atoms with Gasteiger partial charge in [-0.25, -0.2) is 9.37 Å². The van der Waals surface area contributed by atoms with Crippen molar-refractivity contribution in [1.29, 1.82) is 5.26 Å². The van der Waals surface area contributed by atoms with Crippen LogP contribution in [-0.4, -0.2) is 60.0 Å². The van der Waals surface area contributed by atoms with E-state index in [4.69, 9.17) is 0 Å². The van der Waals surface area contributed by atoms with Gasteiger partial charge in [0.1, 0.15) is 17.6 Å². The number of anilines is 1. The summed E-state index contributed by atoms with van der Waals surface area (Å²) in [6, 6.07) is 12.6. The summed E-state index contributed by atoms with van der Waals surface area (Å²) in [6.07, 6.45) is 2.97. The van der Waals surface area contributed by atoms with Crippen LogP contribution in [0.25, 0.3) is 10.8 Å². The van der Waals surface area contributed by atoms with E-state index in [1.807, 2.05) is 6.07 Å². The highest BCUT2D eigenvalue weighted by Crippen LogP contribution is 2.37. The summed E-state index contributed by atoms with van der Waals surface area (Å²) in [7, 11) is 1.54. The molecule has 8 nitrogen and oxygen atoms in total. The molecule has 0 bridgehead atoms. The monoisotopic (exact) mass is 474 g/mol. The van der Waals surface area contributed by atoms with Crippen LogP contribution in [0.15, 0.2) is 41.2 Å². The number of aromatic amines is 1. The van der Waals surface area contributed by atoms with Crippen LogP contribution in [0.1, 0.15) is 47.1 Å². The van der Waals surface area contributed by atoms with Gasteiger partial charge in [0.15, 0.2) is 5.69 Å². The van der Waals surface area contributed by atoms with Crippen molar-refractivity contribution in [2.75, 3.05) is 38.1 Å². The van der Waals surface area contributed by atoms with Crippen LogP contribution in [0.4, 0.5) is 10.1 Å². The quantitative estimate of drug-likeness (QED) is 0.603. The molecule has 0 spiro atoms. The highest BCUT2D eigenvalue weighted by molar-refractivity contribution is 5.92. The number of nitrogens with zero attached hydrogens (tertiary/aromatic N) is 4. The molecule has 1 saturated heterocycles. The van der Waals surface area contributed by atoms with Crippen molar-refractivity contribution in [3.8, 4) is 6.07 Å². The van der Waals surface area contributed by atoms with Crippen LogP contribution in [0.2, 0.25) is 0 Å². The van der Waals surface area contributed by atoms with Gasteiger partial charge in [-0.1, -0.05) is 12.1 Å². The Bertz CT molecular complexity index is 1370. The molecule has 1 saturated carbocycles. The lowest BCUT2D eigenvalue weighted by Gasteiger charge is -2.39. The minimum Gasteiger partial charge on any atom is -0.367 e. The van der Waals surface area contributed by atoms with Crippen molar-refractivity contribution in [3.05, 3.63) is 69.7 Å². The lowest BCUT2D eigenvalue weighted by molar-refractivity contribution is 0.0958. The predicted octanol–water partition coefficient (Wildman–Crippen LogP) is 2.75. The SMILES string of the molecule is CNC(=O)c1ccc(N2CCN(C3CCC(c4cc5cccc(F)c5c(=O)[nH]4)C3)CC2)c(C#N)n1. The van der Waals surface area contributed by atoms with E-state index in [2.05, 4.69) is 31.2 Å². The van der Waals surface area contributed by atoms with Gasteiger partial charge in [0.05, 0.1) is 11.1 Å². The standard InChI is InChI=1S/C26H27FN6O2/c1-29-25(34)20-7-8-23(22(15-28)30-20)33-11-9-32(10-12-33)18-6-5-16(13-18)21-14-17-3-2-4-19(27)24(17)26(35)31-21/h2-4,7-8,14,16,18H,5-6,9-13H2,1H3,(H,29,34)(H,31,35). The van der Waals surface area contributed by atoms with Gasteiger partial charge in [-0.2, -0.15) is 5.26 Å². The third kappa shape index (κ3) is 4.37. The molecule has 5 rings (SSSR count). The molecule has 180 valence electrons. The smallest absolute Gasteiger partial charge is 0.269 e. The van der Waals surface area contributed by atoms with Gasteiger partial charge >= 0.3 is 0 Å². The normalized spacial score (nSPS) is 20.7. The van der Waals surface area contributed by atoms with Crippen LogP contribution >= 0.6 is 0 Å². The molecule has 2 atom stereocenters. The number of aromatic nitrogens is 2. The first kappa shape index (κ1) is 23.0. The molecule has 2 fully saturated rings. The molecule has 9 heteroatoms. The molecule has 2 N–H and O–H groups in total. The third-order valence-corrected chi connectivity index (χ3v) is 7.30. The average molecular weight is 475 g/mol. The number of carbonyl (C=O) groups is 1. The zero-order chi connectivity index (χ0) is 24.5. The molecule has 0 radical (unpaired) electrons. The Morgan fingerprint density at radius 2 is 2.00 bits per heavy atom. The number of nitrogens with one attached hydrogen (secondary N) is 2. The summed E-state index contributed by atoms with van der Waals surface area (Å²) < 4.78 is 14.1. The van der Waals surface area contributed by atoms with Crippen molar-refractivity contribution in [1.82, 2.24) is 20.2 Å². The van der Waals surface area contributed by atoms with Gasteiger partial charge in [0, 0.05) is 50.9 Å². The molecule has 2 unspecified atom stereocenters. The highest BCUT2D eigenvalue weighted by atomic mass is 19.1. The minimum atomic E-state index is -0.490. The van der Waals surface area contributed by atoms with Crippen molar-refractivity contribution in [2.24, 2.45) is 0 Å². The Morgan fingerprint density at radius 1 is 1.20 bits per heavy atom. The van der Waals surface area contributed by atoms with Gasteiger partial charge in [-0.05, 0) is 48.9 Å². The first-order valence-electron chi connectivity index (χ1n) is 11.9. The summed E-state index contributed by atoms with van der Waals surface area (Å²) in [5, 5.41) is 12.9. The molecular formula is C26H27FN6O2. The van der Waals surface area contributed by atoms with Crippen molar-refractivity contribution in [2.45, 2.75) is 31.2 Å². The predicted molar refractivity (Wildman–Crippen MR) is 131 cm³/mol. The average Bonchev–Trinajstić information content (AvgIpc) is 3.38. The lowest BCUT2D eigenvalue weighted by atomic mass is 10.00. The second-order valence-corrected chi connectivity index (χ2v) is 9.20. The summed E-state index contributed by atoms with van der Waals surface area (Å²) in [5.41, 5.74) is 1.77. The number of halogens is 1. The van der Waals surface area contributed by atoms with Crippen LogP contribution in [0, 0.1) is 17.1 Å². The van der Waals surface area contributed by atoms with E-state index in [0.29, 0.717) is 11.4 Å². The molecular weight excluding hydrogens is 447 g/mol. The summed E-state index contributed by atoms with van der Waals surface area (Å²) in [5.74, 6) is -0.563. The van der Waals surface area contributed by atoms with Gasteiger partial charge in [0.2, 0.25) is 0 Å². The third-order valence-electron chi connectivity index (χ3n) is 7.30. The molecule has 1 amide bonds. The van der Waals surface area contributed by atoms with E-state index >= 15 is 0 Å². The van der Waals surface area contributed by atoms with Gasteiger partial charge in [-0.15, -0.1) is 0 Å². The second-order valence-electron chi connectivity index (χ2n) is 9.20. The van der Waals surface area contributed by atoms with Crippen LogP contribution in [-0.2, 0) is 0 Å². The Hall–Kier alpha value is -3.77. The van der Waals surface area contributed by atoms with E-state index < -0.39 is 5.82 Å². The fraction of sp³-hybridized carbons (Fsp3) is 0.385. The maximum absolute atomic E-state index is 14.1. The largest absolute Gasteiger partial charge is 0.367 e. The van der Waals surface area contributed by atoms with Crippen LogP contribution in [0.5, 0.6) is 0 Å². The molecule has 1 aliphatic carbocycles. The van der Waals surface area contributed by atoms with E-state index in [1.165, 1.54) is 13.1 Å². The number of nitriles is 1. The Labute approximate surface area is 202 Å². The Balaban J connectivity index is 1.25. The fourth-order valence-corrected chi connectivity index (χ4v) is 5.46. The van der Waals surface area contributed by atoms with E-state index in [1.54, 1.807) is 24.3 Å². The first-order chi connectivity index (χ1) is 17.0. The number of hydrogen-bond acceptors (Lipinski definition) is 6. The number of amides is 1. The lowest BCUT2D eigenvalue weighted by Crippen LogP contribution is -2.50. The maximum atomic E-state index is 14.1. The van der Waals surface area contributed by atoms with E-state index in [9.17, 15) is 19.2 Å². The van der Waals surface area contributed by atoms with E-state index in [-0.39, 0.29) is 34.2 Å². The molecule has 2 aliphatic rings. The van der Waals surface area contributed by atoms with E-state index in [0.717, 1.165) is 56.8 Å². The number of hydrogen-bond donors (Lipinski definition) is 2. The maximum Gasteiger partial charge on any atom is 0.269 e. The minimum absolute atomic E-state index is 0.122. The number of pyridine rings is 2. The summed E-state index contributed by atoms with van der Waals surface area (Å²) >= 11 is 0. The van der Waals surface area contributed by atoms with Gasteiger partial charge < -0.3 is 15.2 Å². The summed E-state index contributed by atoms with van der Waals surface area (Å²) in [6.45, 7) is 3.25. The number of H-pyrrole nitrogens is 1. The van der Waals surface area contributed by atoms with Crippen molar-refractivity contribution in [3.63, 3.8) is 0 Å². The van der Waals surface area contributed by atoms with Crippen LogP contribution in [0.3, 0.4) is 0 Å². The molecule has 1 aliphatic heterocycles. The highest BCUT2D eigenvalue weighted by Gasteiger charge is 2.33. The Kier molecular flexibility index (Phi) is 6.22. The molecule has 2 aromatic heterocycles. The molecule has 35 heavy (non-hydrogen) atoms. The van der Waals surface area contributed by atoms with Gasteiger partial charge in [-0.3, -0.25) is 14.5 Å². The topological polar surface area (TPSA) is 105 Å². The number of fused-ring (bicyclic) bond motifs is 1. The number of benzene rings is 1. The zero-order valence-electron chi connectivity index (χ0n) is 19.6. The first-order valence-corrected chi connectivity index (χ1v) is 11.9. The number of carbonyl (C=O) groups excluding carboxylic acids is 1. The molecule has 1 aromatic carbocycles. The second kappa shape index (κ2) is 9.47. The van der Waals surface area contributed by atoms with Crippen LogP contribution < -0.4 is 15.8 Å². The molecule has 3 aromatic rings. The zero-order valence-corrected chi connectivity index (χ0v) is 19.6.